The van der Waals surface area contributed by atoms with E-state index in [1.54, 1.807) is 30.0 Å². The Bertz CT molecular complexity index is 464. The summed E-state index contributed by atoms with van der Waals surface area (Å²) in [4.78, 5) is 13.9. The summed E-state index contributed by atoms with van der Waals surface area (Å²) in [6.07, 6.45) is -0.456. The molecule has 1 aromatic rings. The van der Waals surface area contributed by atoms with Crippen LogP contribution in [-0.2, 0) is 4.79 Å². The topological polar surface area (TPSA) is 41.6 Å². The number of nitrogens with zero attached hydrogens (tertiary/aromatic N) is 1. The third kappa shape index (κ3) is 2.44. The van der Waals surface area contributed by atoms with Gasteiger partial charge in [-0.2, -0.15) is 0 Å². The zero-order valence-electron chi connectivity index (χ0n) is 10.7. The predicted octanol–water partition coefficient (Wildman–Crippen LogP) is 2.06. The van der Waals surface area contributed by atoms with E-state index in [1.807, 2.05) is 14.0 Å². The van der Waals surface area contributed by atoms with Crippen LogP contribution in [-0.4, -0.2) is 31.6 Å². The van der Waals surface area contributed by atoms with Crippen molar-refractivity contribution in [3.05, 3.63) is 23.2 Å². The van der Waals surface area contributed by atoms with E-state index in [4.69, 9.17) is 16.3 Å². The summed E-state index contributed by atoms with van der Waals surface area (Å²) in [6, 6.07) is 5.54. The molecule has 1 amide bonds. The van der Waals surface area contributed by atoms with Gasteiger partial charge in [0, 0.05) is 17.6 Å². The molecule has 0 saturated heterocycles. The predicted molar refractivity (Wildman–Crippen MR) is 72.4 cm³/mol. The summed E-state index contributed by atoms with van der Waals surface area (Å²) in [5.74, 6) is 0.668. The van der Waals surface area contributed by atoms with E-state index >= 15 is 0 Å². The van der Waals surface area contributed by atoms with Crippen LogP contribution < -0.4 is 15.0 Å². The van der Waals surface area contributed by atoms with Crippen molar-refractivity contribution in [1.82, 2.24) is 5.32 Å². The number of fused-ring (bicyclic) bond motifs is 1. The Morgan fingerprint density at radius 3 is 2.94 bits per heavy atom. The van der Waals surface area contributed by atoms with Crippen molar-refractivity contribution in [2.45, 2.75) is 26.0 Å². The lowest BCUT2D eigenvalue weighted by molar-refractivity contribution is -0.125. The molecule has 0 radical (unpaired) electrons. The molecule has 1 N–H and O–H groups in total. The van der Waals surface area contributed by atoms with Gasteiger partial charge < -0.3 is 15.0 Å². The van der Waals surface area contributed by atoms with Crippen LogP contribution in [0.1, 0.15) is 13.8 Å². The highest BCUT2D eigenvalue weighted by atomic mass is 35.5. The van der Waals surface area contributed by atoms with Gasteiger partial charge in [-0.15, -0.1) is 0 Å². The van der Waals surface area contributed by atoms with Crippen LogP contribution in [0.2, 0.25) is 5.02 Å². The van der Waals surface area contributed by atoms with Crippen LogP contribution in [0.5, 0.6) is 5.75 Å². The quantitative estimate of drug-likeness (QED) is 0.912. The highest BCUT2D eigenvalue weighted by molar-refractivity contribution is 6.31. The van der Waals surface area contributed by atoms with Gasteiger partial charge in [0.2, 0.25) is 0 Å². The van der Waals surface area contributed by atoms with Crippen LogP contribution in [0.15, 0.2) is 18.2 Å². The highest BCUT2D eigenvalue weighted by Crippen LogP contribution is 2.36. The number of likely N-dealkylation sites (N-methyl/N-ethyl adjacent to an activating group) is 1. The molecule has 4 nitrogen and oxygen atoms in total. The molecule has 0 bridgehead atoms. The average molecular weight is 269 g/mol. The second-order valence-corrected chi connectivity index (χ2v) is 4.95. The Kier molecular flexibility index (Phi) is 3.78. The van der Waals surface area contributed by atoms with Crippen LogP contribution >= 0.6 is 11.6 Å². The van der Waals surface area contributed by atoms with Crippen molar-refractivity contribution in [1.29, 1.82) is 0 Å². The van der Waals surface area contributed by atoms with E-state index in [-0.39, 0.29) is 11.9 Å². The molecule has 0 spiro atoms. The minimum atomic E-state index is -0.456. The van der Waals surface area contributed by atoms with Crippen molar-refractivity contribution >= 4 is 23.2 Å². The minimum absolute atomic E-state index is 0.0353. The first-order chi connectivity index (χ1) is 8.52. The average Bonchev–Trinajstić information content (AvgIpc) is 2.35. The smallest absolute Gasteiger partial charge is 0.267 e. The molecular weight excluding hydrogens is 252 g/mol. The first-order valence-electron chi connectivity index (χ1n) is 5.97. The molecule has 1 aromatic carbocycles. The Morgan fingerprint density at radius 2 is 2.28 bits per heavy atom. The lowest BCUT2D eigenvalue weighted by Gasteiger charge is -2.34. The van der Waals surface area contributed by atoms with Gasteiger partial charge in [-0.1, -0.05) is 11.6 Å². The van der Waals surface area contributed by atoms with Gasteiger partial charge in [-0.25, -0.2) is 0 Å². The van der Waals surface area contributed by atoms with E-state index < -0.39 is 6.10 Å². The summed E-state index contributed by atoms with van der Waals surface area (Å²) in [6.45, 7) is 4.38. The maximum atomic E-state index is 12.2. The number of carbonyl (C=O) groups is 1. The molecule has 2 rings (SSSR count). The van der Waals surface area contributed by atoms with Gasteiger partial charge in [-0.05, 0) is 39.1 Å². The van der Waals surface area contributed by atoms with Crippen molar-refractivity contribution < 1.29 is 9.53 Å². The van der Waals surface area contributed by atoms with Crippen molar-refractivity contribution in [2.24, 2.45) is 0 Å². The highest BCUT2D eigenvalue weighted by Gasteiger charge is 2.32. The summed E-state index contributed by atoms with van der Waals surface area (Å²) in [5, 5.41) is 3.72. The van der Waals surface area contributed by atoms with Gasteiger partial charge in [0.1, 0.15) is 5.75 Å². The Balaban J connectivity index is 2.37. The Labute approximate surface area is 112 Å². The lowest BCUT2D eigenvalue weighted by atomic mass is 10.1. The number of rotatable bonds is 3. The maximum absolute atomic E-state index is 12.2. The summed E-state index contributed by atoms with van der Waals surface area (Å²) < 4.78 is 5.57. The summed E-state index contributed by atoms with van der Waals surface area (Å²) >= 11 is 5.99. The number of amides is 1. The van der Waals surface area contributed by atoms with E-state index in [0.717, 1.165) is 5.69 Å². The first kappa shape index (κ1) is 13.2. The number of anilines is 1. The number of ether oxygens (including phenoxy) is 1. The molecule has 2 unspecified atom stereocenters. The molecule has 0 aromatic heterocycles. The van der Waals surface area contributed by atoms with Crippen molar-refractivity contribution in [2.75, 3.05) is 18.5 Å². The van der Waals surface area contributed by atoms with Crippen molar-refractivity contribution in [3.8, 4) is 5.75 Å². The second kappa shape index (κ2) is 5.16. The Morgan fingerprint density at radius 1 is 1.56 bits per heavy atom. The van der Waals surface area contributed by atoms with Crippen LogP contribution in [0.4, 0.5) is 5.69 Å². The molecular formula is C13H17ClN2O2. The third-order valence-electron chi connectivity index (χ3n) is 3.08. The molecule has 0 saturated carbocycles. The lowest BCUT2D eigenvalue weighted by Crippen LogP contribution is -2.49. The molecule has 5 heteroatoms. The zero-order valence-corrected chi connectivity index (χ0v) is 11.5. The van der Waals surface area contributed by atoms with Crippen LogP contribution in [0, 0.1) is 0 Å². The van der Waals surface area contributed by atoms with E-state index in [1.165, 1.54) is 0 Å². The number of carbonyl (C=O) groups excluding carboxylic acids is 1. The van der Waals surface area contributed by atoms with Gasteiger partial charge in [0.15, 0.2) is 6.10 Å². The largest absolute Gasteiger partial charge is 0.479 e. The van der Waals surface area contributed by atoms with Crippen LogP contribution in [0.3, 0.4) is 0 Å². The molecule has 1 aliphatic heterocycles. The van der Waals surface area contributed by atoms with Crippen LogP contribution in [0.25, 0.3) is 0 Å². The number of hydrogen-bond donors (Lipinski definition) is 1. The van der Waals surface area contributed by atoms with E-state index in [2.05, 4.69) is 5.32 Å². The third-order valence-corrected chi connectivity index (χ3v) is 3.31. The fourth-order valence-corrected chi connectivity index (χ4v) is 2.10. The van der Waals surface area contributed by atoms with Gasteiger partial charge >= 0.3 is 0 Å². The van der Waals surface area contributed by atoms with Gasteiger partial charge in [0.05, 0.1) is 5.69 Å². The molecule has 1 heterocycles. The number of hydrogen-bond acceptors (Lipinski definition) is 3. The normalized spacial score (nSPS) is 20.3. The molecule has 0 fully saturated rings. The fraction of sp³-hybridized carbons (Fsp3) is 0.462. The van der Waals surface area contributed by atoms with Gasteiger partial charge in [0.25, 0.3) is 5.91 Å². The fourth-order valence-electron chi connectivity index (χ4n) is 1.93. The zero-order chi connectivity index (χ0) is 13.3. The van der Waals surface area contributed by atoms with Gasteiger partial charge in [-0.3, -0.25) is 4.79 Å². The van der Waals surface area contributed by atoms with Crippen molar-refractivity contribution in [3.63, 3.8) is 0 Å². The number of benzene rings is 1. The summed E-state index contributed by atoms with van der Waals surface area (Å²) in [7, 11) is 1.87. The van der Waals surface area contributed by atoms with E-state index in [9.17, 15) is 4.79 Å². The molecule has 98 valence electrons. The standard InChI is InChI=1S/C13H17ClN2O2/c1-8(15-3)7-16-11-6-10(14)4-5-12(11)18-9(2)13(16)17/h4-6,8-9,15H,7H2,1-3H3. The second-order valence-electron chi connectivity index (χ2n) is 4.51. The Hall–Kier alpha value is -1.26. The first-order valence-corrected chi connectivity index (χ1v) is 6.35. The molecule has 2 atom stereocenters. The minimum Gasteiger partial charge on any atom is -0.479 e. The monoisotopic (exact) mass is 268 g/mol. The molecule has 0 aliphatic carbocycles. The summed E-state index contributed by atoms with van der Waals surface area (Å²) in [5.41, 5.74) is 0.743. The molecule has 18 heavy (non-hydrogen) atoms. The maximum Gasteiger partial charge on any atom is 0.267 e. The van der Waals surface area contributed by atoms with E-state index in [0.29, 0.717) is 17.3 Å². The number of halogens is 1. The molecule has 1 aliphatic rings. The number of nitrogens with one attached hydrogen (secondary N) is 1. The SMILES string of the molecule is CNC(C)CN1C(=O)C(C)Oc2ccc(Cl)cc21.